The molecule has 3 aromatic rings. The third kappa shape index (κ3) is 5.71. The number of sulfonamides is 1. The average Bonchev–Trinajstić information content (AvgIpc) is 3.28. The second-order valence-electron chi connectivity index (χ2n) is 7.61. The van der Waals surface area contributed by atoms with Gasteiger partial charge in [0.25, 0.3) is 10.0 Å². The maximum absolute atomic E-state index is 12.9. The Labute approximate surface area is 210 Å². The van der Waals surface area contributed by atoms with Gasteiger partial charge in [-0.2, -0.15) is 26.7 Å². The molecule has 0 aliphatic carbocycles. The summed E-state index contributed by atoms with van der Waals surface area (Å²) in [4.78, 5) is -0.335. The van der Waals surface area contributed by atoms with E-state index in [-0.39, 0.29) is 16.0 Å². The number of halogens is 4. The lowest BCUT2D eigenvalue weighted by Crippen LogP contribution is -2.24. The number of alkyl halides is 3. The summed E-state index contributed by atoms with van der Waals surface area (Å²) in [6.45, 7) is 0.337. The van der Waals surface area contributed by atoms with E-state index in [1.54, 1.807) is 18.4 Å². The molecule has 1 aliphatic rings. The van der Waals surface area contributed by atoms with Crippen molar-refractivity contribution in [3.63, 3.8) is 0 Å². The minimum absolute atomic E-state index is 0.106. The number of amidine groups is 1. The second kappa shape index (κ2) is 10.0. The van der Waals surface area contributed by atoms with Crippen LogP contribution in [0.4, 0.5) is 13.2 Å². The lowest BCUT2D eigenvalue weighted by molar-refractivity contribution is -0.137. The van der Waals surface area contributed by atoms with Crippen LogP contribution >= 0.6 is 23.4 Å². The molecule has 1 atom stereocenters. The zero-order valence-corrected chi connectivity index (χ0v) is 20.7. The van der Waals surface area contributed by atoms with Gasteiger partial charge in [-0.3, -0.25) is 0 Å². The summed E-state index contributed by atoms with van der Waals surface area (Å²) in [5.41, 5.74) is 1.61. The molecule has 0 saturated heterocycles. The van der Waals surface area contributed by atoms with Gasteiger partial charge in [0.1, 0.15) is 0 Å². The van der Waals surface area contributed by atoms with Gasteiger partial charge in [-0.15, -0.1) is 4.40 Å². The summed E-state index contributed by atoms with van der Waals surface area (Å²) in [5, 5.41) is 6.88. The van der Waals surface area contributed by atoms with E-state index in [1.807, 2.05) is 42.5 Å². The first kappa shape index (κ1) is 25.3. The van der Waals surface area contributed by atoms with Gasteiger partial charge in [-0.05, 0) is 53.8 Å². The van der Waals surface area contributed by atoms with Crippen LogP contribution in [0.25, 0.3) is 0 Å². The molecule has 0 radical (unpaired) electrons. The second-order valence-corrected chi connectivity index (χ2v) is 10.4. The largest absolute Gasteiger partial charge is 0.416 e. The third-order valence-electron chi connectivity index (χ3n) is 5.34. The van der Waals surface area contributed by atoms with Crippen molar-refractivity contribution in [3.8, 4) is 0 Å². The summed E-state index contributed by atoms with van der Waals surface area (Å²) in [5.74, 6) is -0.163. The molecular formula is C24H19ClF3N3O2S2. The van der Waals surface area contributed by atoms with Gasteiger partial charge in [0, 0.05) is 10.9 Å². The van der Waals surface area contributed by atoms with Crippen molar-refractivity contribution in [2.45, 2.75) is 17.0 Å². The highest BCUT2D eigenvalue weighted by atomic mass is 35.5. The molecule has 3 aromatic carbocycles. The fourth-order valence-corrected chi connectivity index (χ4v) is 5.54. The summed E-state index contributed by atoms with van der Waals surface area (Å²) in [6.07, 6.45) is -2.90. The van der Waals surface area contributed by atoms with Crippen LogP contribution in [0.3, 0.4) is 0 Å². The highest BCUT2D eigenvalue weighted by Gasteiger charge is 2.33. The zero-order valence-electron chi connectivity index (χ0n) is 18.3. The summed E-state index contributed by atoms with van der Waals surface area (Å²) in [6, 6.07) is 20.1. The number of hydrogen-bond donors (Lipinski definition) is 0. The minimum atomic E-state index is -4.56. The Morgan fingerprint density at radius 2 is 1.66 bits per heavy atom. The molecule has 35 heavy (non-hydrogen) atoms. The van der Waals surface area contributed by atoms with Crippen LogP contribution in [-0.2, 0) is 16.2 Å². The first-order valence-electron chi connectivity index (χ1n) is 10.3. The number of hydrazone groups is 1. The van der Waals surface area contributed by atoms with Crippen molar-refractivity contribution in [1.29, 1.82) is 0 Å². The first-order valence-corrected chi connectivity index (χ1v) is 13.4. The highest BCUT2D eigenvalue weighted by molar-refractivity contribution is 8.13. The number of hydrogen-bond acceptors (Lipinski definition) is 4. The standard InChI is InChI=1S/C24H19ClF3N3O2S2/c1-34-23(30-35(32,33)20-13-9-18(10-14-20)24(26,27)28)31-15-21(16-5-3-2-4-6-16)22(29-31)17-7-11-19(25)12-8-17/h2-14,21H,15H2,1H3/b30-23+. The van der Waals surface area contributed by atoms with Crippen molar-refractivity contribution in [2.24, 2.45) is 9.50 Å². The third-order valence-corrected chi connectivity index (χ3v) is 7.65. The molecule has 0 amide bonds. The van der Waals surface area contributed by atoms with E-state index in [0.29, 0.717) is 11.6 Å². The van der Waals surface area contributed by atoms with Gasteiger partial charge in [0.2, 0.25) is 0 Å². The van der Waals surface area contributed by atoms with E-state index in [2.05, 4.69) is 9.50 Å². The molecule has 1 aliphatic heterocycles. The van der Waals surface area contributed by atoms with Gasteiger partial charge in [0.05, 0.1) is 22.7 Å². The van der Waals surface area contributed by atoms with E-state index in [1.165, 1.54) is 5.01 Å². The Bertz CT molecular complexity index is 1360. The first-order chi connectivity index (χ1) is 16.6. The zero-order chi connectivity index (χ0) is 25.2. The Morgan fingerprint density at radius 3 is 2.23 bits per heavy atom. The molecule has 0 saturated carbocycles. The quantitative estimate of drug-likeness (QED) is 0.291. The van der Waals surface area contributed by atoms with Gasteiger partial charge in [-0.25, -0.2) is 5.01 Å². The Balaban J connectivity index is 1.70. The highest BCUT2D eigenvalue weighted by Crippen LogP contribution is 2.32. The van der Waals surface area contributed by atoms with Crippen LogP contribution in [0.2, 0.25) is 5.02 Å². The van der Waals surface area contributed by atoms with Crippen LogP contribution in [-0.4, -0.2) is 37.1 Å². The molecule has 182 valence electrons. The van der Waals surface area contributed by atoms with Gasteiger partial charge >= 0.3 is 6.18 Å². The smallest absolute Gasteiger partial charge is 0.240 e. The van der Waals surface area contributed by atoms with E-state index in [0.717, 1.165) is 52.9 Å². The van der Waals surface area contributed by atoms with E-state index < -0.39 is 21.8 Å². The molecule has 0 aromatic heterocycles. The van der Waals surface area contributed by atoms with Gasteiger partial charge in [0.15, 0.2) is 5.17 Å². The summed E-state index contributed by atoms with van der Waals surface area (Å²) < 4.78 is 68.2. The van der Waals surface area contributed by atoms with Crippen LogP contribution in [0, 0.1) is 0 Å². The van der Waals surface area contributed by atoms with Crippen molar-refractivity contribution in [2.75, 3.05) is 12.8 Å². The molecule has 0 fully saturated rings. The lowest BCUT2D eigenvalue weighted by atomic mass is 9.91. The van der Waals surface area contributed by atoms with Gasteiger partial charge in [-0.1, -0.05) is 65.8 Å². The molecule has 5 nitrogen and oxygen atoms in total. The topological polar surface area (TPSA) is 62.1 Å². The average molecular weight is 538 g/mol. The maximum atomic E-state index is 12.9. The Kier molecular flexibility index (Phi) is 7.25. The molecular weight excluding hydrogens is 519 g/mol. The fraction of sp³-hybridized carbons (Fsp3) is 0.167. The van der Waals surface area contributed by atoms with Crippen molar-refractivity contribution in [1.82, 2.24) is 5.01 Å². The van der Waals surface area contributed by atoms with Crippen LogP contribution < -0.4 is 0 Å². The van der Waals surface area contributed by atoms with Crippen LogP contribution in [0.15, 0.2) is 93.3 Å². The molecule has 4 rings (SSSR count). The summed E-state index contributed by atoms with van der Waals surface area (Å²) in [7, 11) is -4.27. The van der Waals surface area contributed by atoms with E-state index in [9.17, 15) is 21.6 Å². The molecule has 1 heterocycles. The predicted molar refractivity (Wildman–Crippen MR) is 133 cm³/mol. The number of thioether (sulfide) groups is 1. The van der Waals surface area contributed by atoms with Crippen molar-refractivity contribution in [3.05, 3.63) is 101 Å². The monoisotopic (exact) mass is 537 g/mol. The number of benzene rings is 3. The Hall–Kier alpha value is -2.82. The normalized spacial score (nSPS) is 16.9. The molecule has 11 heteroatoms. The minimum Gasteiger partial charge on any atom is -0.240 e. The van der Waals surface area contributed by atoms with Crippen molar-refractivity contribution < 1.29 is 21.6 Å². The van der Waals surface area contributed by atoms with Crippen LogP contribution in [0.1, 0.15) is 22.6 Å². The van der Waals surface area contributed by atoms with E-state index in [4.69, 9.17) is 11.6 Å². The lowest BCUT2D eigenvalue weighted by Gasteiger charge is -2.17. The Morgan fingerprint density at radius 1 is 1.03 bits per heavy atom. The molecule has 0 bridgehead atoms. The number of rotatable bonds is 4. The molecule has 1 unspecified atom stereocenters. The maximum Gasteiger partial charge on any atom is 0.416 e. The molecule has 0 N–H and O–H groups in total. The fourth-order valence-electron chi connectivity index (χ4n) is 3.61. The summed E-state index contributed by atoms with van der Waals surface area (Å²) >= 11 is 7.12. The molecule has 0 spiro atoms. The predicted octanol–water partition coefficient (Wildman–Crippen LogP) is 6.27. The van der Waals surface area contributed by atoms with Crippen molar-refractivity contribution >= 4 is 44.3 Å². The number of nitrogens with zero attached hydrogens (tertiary/aromatic N) is 3. The van der Waals surface area contributed by atoms with Gasteiger partial charge < -0.3 is 0 Å². The SMILES string of the molecule is CS/C(=N/S(=O)(=O)c1ccc(C(F)(F)F)cc1)N1CC(c2ccccc2)C(c2ccc(Cl)cc2)=N1. The van der Waals surface area contributed by atoms with E-state index >= 15 is 0 Å². The van der Waals surface area contributed by atoms with Crippen LogP contribution in [0.5, 0.6) is 0 Å².